The van der Waals surface area contributed by atoms with Gasteiger partial charge in [0.25, 0.3) is 0 Å². The minimum absolute atomic E-state index is 0.161. The van der Waals surface area contributed by atoms with Crippen molar-refractivity contribution in [1.82, 2.24) is 9.38 Å². The number of benzene rings is 10. The van der Waals surface area contributed by atoms with Crippen LogP contribution in [0.2, 0.25) is 0 Å². The molecule has 0 radical (unpaired) electrons. The molecule has 0 amide bonds. The third-order valence-electron chi connectivity index (χ3n) is 14.4. The highest BCUT2D eigenvalue weighted by molar-refractivity contribution is 6.23. The lowest BCUT2D eigenvalue weighted by molar-refractivity contribution is 0.661. The van der Waals surface area contributed by atoms with E-state index in [0.29, 0.717) is 0 Å². The second kappa shape index (κ2) is 15.8. The van der Waals surface area contributed by atoms with Crippen LogP contribution in [0.5, 0.6) is 0 Å². The van der Waals surface area contributed by atoms with E-state index in [9.17, 15) is 0 Å². The fraction of sp³-hybridized carbons (Fsp3) is 0.0455. The first kappa shape index (κ1) is 39.7. The third-order valence-corrected chi connectivity index (χ3v) is 14.4. The van der Waals surface area contributed by atoms with Crippen LogP contribution in [0.25, 0.3) is 116 Å². The van der Waals surface area contributed by atoms with Crippen molar-refractivity contribution in [1.29, 1.82) is 0 Å². The minimum Gasteiger partial charge on any atom is -0.299 e. The van der Waals surface area contributed by atoms with Crippen LogP contribution in [0.15, 0.2) is 243 Å². The maximum Gasteiger partial charge on any atom is 0.137 e. The van der Waals surface area contributed by atoms with E-state index in [2.05, 4.69) is 261 Å². The molecule has 0 unspecified atom stereocenters. The first-order valence-corrected chi connectivity index (χ1v) is 23.6. The Balaban J connectivity index is 1.05. The highest BCUT2D eigenvalue weighted by Crippen LogP contribution is 2.53. The monoisotopic (exact) mass is 866 g/mol. The number of aromatic nitrogens is 2. The van der Waals surface area contributed by atoms with Crippen molar-refractivity contribution in [3.8, 4) is 89.3 Å². The van der Waals surface area contributed by atoms with E-state index in [1.54, 1.807) is 0 Å². The molecule has 0 fully saturated rings. The van der Waals surface area contributed by atoms with Crippen molar-refractivity contribution in [3.63, 3.8) is 0 Å². The zero-order chi connectivity index (χ0) is 45.3. The lowest BCUT2D eigenvalue weighted by Crippen LogP contribution is -2.14. The van der Waals surface area contributed by atoms with Crippen LogP contribution in [0.3, 0.4) is 0 Å². The molecule has 2 nitrogen and oxygen atoms in total. The molecule has 2 aromatic heterocycles. The van der Waals surface area contributed by atoms with Gasteiger partial charge in [-0.25, -0.2) is 4.98 Å². The van der Waals surface area contributed by atoms with E-state index in [-0.39, 0.29) is 5.41 Å². The standard InChI is InChI=1S/C66H46N2/c1-66(2)59-23-13-12-22-53(59)55-41-57-58(42-60(55)66)63(49-33-27-46(28-34-49)44-18-8-4-9-19-44)56-40-52(37-38-54(56)62(57)48-31-25-45(26-32-48)43-16-6-3-7-17-43)47-29-35-50(36-30-47)64-65(51-20-10-5-11-21-51)68-39-15-14-24-61(68)67-64/h3-42H,1-2H3. The lowest BCUT2D eigenvalue weighted by Gasteiger charge is -2.24. The molecule has 0 saturated heterocycles. The van der Waals surface area contributed by atoms with E-state index in [1.807, 2.05) is 0 Å². The SMILES string of the molecule is CC1(C)c2ccccc2-c2cc3c(-c4ccc(-c5ccccc5)cc4)c4ccc(-c5ccc(-c6nc7ccccn7c6-c6ccccc6)cc5)cc4c(-c4ccc(-c5ccccc5)cc4)c3cc21. The van der Waals surface area contributed by atoms with Crippen LogP contribution in [-0.2, 0) is 5.41 Å². The topological polar surface area (TPSA) is 17.3 Å². The van der Waals surface area contributed by atoms with Gasteiger partial charge < -0.3 is 0 Å². The molecular formula is C66H46N2. The van der Waals surface area contributed by atoms with Crippen LogP contribution in [0, 0.1) is 0 Å². The van der Waals surface area contributed by atoms with E-state index in [0.717, 1.165) is 33.7 Å². The Morgan fingerprint density at radius 1 is 0.324 bits per heavy atom. The Labute approximate surface area is 397 Å². The summed E-state index contributed by atoms with van der Waals surface area (Å²) in [4.78, 5) is 5.17. The first-order chi connectivity index (χ1) is 33.5. The molecule has 0 N–H and O–H groups in total. The Bertz CT molecular complexity index is 3860. The van der Waals surface area contributed by atoms with Crippen molar-refractivity contribution < 1.29 is 0 Å². The van der Waals surface area contributed by atoms with Crippen LogP contribution >= 0.6 is 0 Å². The Morgan fingerprint density at radius 3 is 1.41 bits per heavy atom. The van der Waals surface area contributed by atoms with Gasteiger partial charge in [0.05, 0.1) is 11.4 Å². The van der Waals surface area contributed by atoms with Crippen molar-refractivity contribution in [3.05, 3.63) is 254 Å². The summed E-state index contributed by atoms with van der Waals surface area (Å²) in [7, 11) is 0. The first-order valence-electron chi connectivity index (χ1n) is 23.6. The predicted molar refractivity (Wildman–Crippen MR) is 286 cm³/mol. The van der Waals surface area contributed by atoms with Crippen molar-refractivity contribution >= 4 is 27.2 Å². The van der Waals surface area contributed by atoms with E-state index >= 15 is 0 Å². The Hall–Kier alpha value is -8.59. The summed E-state index contributed by atoms with van der Waals surface area (Å²) in [6, 6.07) is 86.8. The second-order valence-electron chi connectivity index (χ2n) is 18.7. The molecule has 1 aliphatic carbocycles. The molecule has 0 saturated carbocycles. The van der Waals surface area contributed by atoms with Crippen molar-refractivity contribution in [2.75, 3.05) is 0 Å². The zero-order valence-corrected chi connectivity index (χ0v) is 38.0. The van der Waals surface area contributed by atoms with Gasteiger partial charge in [0.2, 0.25) is 0 Å². The maximum absolute atomic E-state index is 5.17. The smallest absolute Gasteiger partial charge is 0.137 e. The normalized spacial score (nSPS) is 12.7. The highest BCUT2D eigenvalue weighted by Gasteiger charge is 2.36. The van der Waals surface area contributed by atoms with Gasteiger partial charge in [-0.1, -0.05) is 220 Å². The molecule has 0 atom stereocenters. The molecule has 68 heavy (non-hydrogen) atoms. The number of pyridine rings is 1. The van der Waals surface area contributed by atoms with Crippen molar-refractivity contribution in [2.24, 2.45) is 0 Å². The maximum atomic E-state index is 5.17. The van der Waals surface area contributed by atoms with E-state index < -0.39 is 0 Å². The molecule has 13 rings (SSSR count). The van der Waals surface area contributed by atoms with Crippen molar-refractivity contribution in [2.45, 2.75) is 19.3 Å². The number of rotatable bonds is 7. The zero-order valence-electron chi connectivity index (χ0n) is 38.0. The Kier molecular flexibility index (Phi) is 9.23. The summed E-state index contributed by atoms with van der Waals surface area (Å²) in [6.07, 6.45) is 2.11. The molecule has 2 heteroatoms. The van der Waals surface area contributed by atoms with Gasteiger partial charge in [-0.05, 0) is 130 Å². The Morgan fingerprint density at radius 2 is 0.779 bits per heavy atom. The largest absolute Gasteiger partial charge is 0.299 e. The van der Waals surface area contributed by atoms with Gasteiger partial charge in [0.15, 0.2) is 0 Å². The molecule has 10 aromatic carbocycles. The number of hydrogen-bond acceptors (Lipinski definition) is 1. The molecule has 320 valence electrons. The molecule has 12 aromatic rings. The number of hydrogen-bond donors (Lipinski definition) is 0. The van der Waals surface area contributed by atoms with E-state index in [4.69, 9.17) is 4.98 Å². The highest BCUT2D eigenvalue weighted by atomic mass is 15.0. The lowest BCUT2D eigenvalue weighted by atomic mass is 9.79. The fourth-order valence-corrected chi connectivity index (χ4v) is 11.0. The minimum atomic E-state index is -0.161. The molecule has 1 aliphatic rings. The number of fused-ring (bicyclic) bond motifs is 6. The van der Waals surface area contributed by atoms with Crippen LogP contribution in [0.1, 0.15) is 25.0 Å². The van der Waals surface area contributed by atoms with Crippen LogP contribution < -0.4 is 0 Å². The van der Waals surface area contributed by atoms with E-state index in [1.165, 1.54) is 93.9 Å². The molecular weight excluding hydrogens is 821 g/mol. The summed E-state index contributed by atoms with van der Waals surface area (Å²) >= 11 is 0. The molecule has 0 spiro atoms. The summed E-state index contributed by atoms with van der Waals surface area (Å²) < 4.78 is 2.20. The summed E-state index contributed by atoms with van der Waals surface area (Å²) in [5, 5.41) is 4.99. The van der Waals surface area contributed by atoms with Gasteiger partial charge in [-0.2, -0.15) is 0 Å². The quantitative estimate of drug-likeness (QED) is 0.146. The average molecular weight is 867 g/mol. The predicted octanol–water partition coefficient (Wildman–Crippen LogP) is 17.6. The second-order valence-corrected chi connectivity index (χ2v) is 18.7. The van der Waals surface area contributed by atoms with Gasteiger partial charge in [-0.3, -0.25) is 4.40 Å². The third kappa shape index (κ3) is 6.44. The van der Waals surface area contributed by atoms with Gasteiger partial charge in [-0.15, -0.1) is 0 Å². The number of imidazole rings is 1. The summed E-state index contributed by atoms with van der Waals surface area (Å²) in [6.45, 7) is 4.78. The average Bonchev–Trinajstić information content (AvgIpc) is 3.90. The van der Waals surface area contributed by atoms with Gasteiger partial charge in [0.1, 0.15) is 5.65 Å². The molecule has 2 heterocycles. The number of nitrogens with zero attached hydrogens (tertiary/aromatic N) is 2. The van der Waals surface area contributed by atoms with Crippen LogP contribution in [-0.4, -0.2) is 9.38 Å². The summed E-state index contributed by atoms with van der Waals surface area (Å²) in [5.74, 6) is 0. The van der Waals surface area contributed by atoms with Crippen LogP contribution in [0.4, 0.5) is 0 Å². The fourth-order valence-electron chi connectivity index (χ4n) is 11.0. The summed E-state index contributed by atoms with van der Waals surface area (Å²) in [5.41, 5.74) is 22.5. The van der Waals surface area contributed by atoms with Gasteiger partial charge in [0, 0.05) is 22.7 Å². The molecule has 0 bridgehead atoms. The molecule has 0 aliphatic heterocycles. The van der Waals surface area contributed by atoms with Gasteiger partial charge >= 0.3 is 0 Å².